The van der Waals surface area contributed by atoms with Crippen molar-refractivity contribution in [1.82, 2.24) is 10.2 Å². The maximum atomic E-state index is 12.2. The molecular weight excluding hydrogens is 292 g/mol. The quantitative estimate of drug-likeness (QED) is 0.802. The van der Waals surface area contributed by atoms with Gasteiger partial charge in [0.25, 0.3) is 5.91 Å². The van der Waals surface area contributed by atoms with Crippen LogP contribution in [0.5, 0.6) is 0 Å². The van der Waals surface area contributed by atoms with Gasteiger partial charge in [-0.1, -0.05) is 6.07 Å². The highest BCUT2D eigenvalue weighted by molar-refractivity contribution is 6.04. The molecule has 1 aromatic heterocycles. The summed E-state index contributed by atoms with van der Waals surface area (Å²) in [4.78, 5) is 12.2. The molecule has 6 nitrogen and oxygen atoms in total. The maximum Gasteiger partial charge on any atom is 0.255 e. The number of benzene rings is 2. The van der Waals surface area contributed by atoms with Gasteiger partial charge in [0.15, 0.2) is 0 Å². The second-order valence-electron chi connectivity index (χ2n) is 4.85. The Hall–Kier alpha value is -3.46. The molecule has 112 valence electrons. The van der Waals surface area contributed by atoms with E-state index in [0.717, 1.165) is 5.56 Å². The third-order valence-electron chi connectivity index (χ3n) is 3.17. The van der Waals surface area contributed by atoms with E-state index in [1.807, 2.05) is 6.07 Å². The van der Waals surface area contributed by atoms with Crippen LogP contribution in [-0.2, 0) is 0 Å². The Balaban J connectivity index is 1.75. The first-order chi connectivity index (χ1) is 11.2. The van der Waals surface area contributed by atoms with Gasteiger partial charge in [-0.3, -0.25) is 4.79 Å². The van der Waals surface area contributed by atoms with E-state index in [1.54, 1.807) is 55.5 Å². The van der Waals surface area contributed by atoms with Crippen molar-refractivity contribution in [3.05, 3.63) is 65.5 Å². The van der Waals surface area contributed by atoms with Crippen LogP contribution in [0.1, 0.15) is 21.8 Å². The van der Waals surface area contributed by atoms with Gasteiger partial charge < -0.3 is 9.73 Å². The number of carbonyl (C=O) groups excluding carboxylic acids is 1. The zero-order chi connectivity index (χ0) is 16.2. The Morgan fingerprint density at radius 3 is 2.61 bits per heavy atom. The lowest BCUT2D eigenvalue weighted by Crippen LogP contribution is -2.11. The van der Waals surface area contributed by atoms with Crippen LogP contribution in [0.25, 0.3) is 11.5 Å². The fourth-order valence-corrected chi connectivity index (χ4v) is 2.04. The van der Waals surface area contributed by atoms with Crippen LogP contribution in [0.4, 0.5) is 5.69 Å². The van der Waals surface area contributed by atoms with E-state index in [4.69, 9.17) is 9.68 Å². The van der Waals surface area contributed by atoms with Crippen molar-refractivity contribution in [2.75, 3.05) is 5.32 Å². The molecule has 0 bridgehead atoms. The molecule has 23 heavy (non-hydrogen) atoms. The van der Waals surface area contributed by atoms with Crippen LogP contribution in [0, 0.1) is 18.3 Å². The Labute approximate surface area is 132 Å². The van der Waals surface area contributed by atoms with Crippen LogP contribution in [0.15, 0.2) is 52.9 Å². The predicted molar refractivity (Wildman–Crippen MR) is 83.6 cm³/mol. The number of hydrogen-bond donors (Lipinski definition) is 1. The average molecular weight is 304 g/mol. The van der Waals surface area contributed by atoms with Crippen molar-refractivity contribution in [2.24, 2.45) is 0 Å². The second-order valence-corrected chi connectivity index (χ2v) is 4.85. The minimum absolute atomic E-state index is 0.275. The number of nitrogens with zero attached hydrogens (tertiary/aromatic N) is 3. The van der Waals surface area contributed by atoms with E-state index in [0.29, 0.717) is 28.6 Å². The first-order valence-corrected chi connectivity index (χ1v) is 6.88. The summed E-state index contributed by atoms with van der Waals surface area (Å²) in [6.45, 7) is 1.72. The molecule has 1 amide bonds. The van der Waals surface area contributed by atoms with Crippen molar-refractivity contribution < 1.29 is 9.21 Å². The standard InChI is InChI=1S/C17H12N4O2/c1-11-20-21-17(23-11)13-5-7-15(8-6-13)19-16(22)14-4-2-3-12(9-14)10-18/h2-9H,1H3,(H,19,22). The number of nitrogens with one attached hydrogen (secondary N) is 1. The van der Waals surface area contributed by atoms with Gasteiger partial charge in [-0.25, -0.2) is 0 Å². The van der Waals surface area contributed by atoms with Gasteiger partial charge in [-0.2, -0.15) is 5.26 Å². The summed E-state index contributed by atoms with van der Waals surface area (Å²) < 4.78 is 5.35. The number of rotatable bonds is 3. The molecule has 0 aliphatic heterocycles. The molecule has 3 rings (SSSR count). The number of aromatic nitrogens is 2. The molecule has 0 saturated heterocycles. The highest BCUT2D eigenvalue weighted by Crippen LogP contribution is 2.20. The smallest absolute Gasteiger partial charge is 0.255 e. The van der Waals surface area contributed by atoms with Crippen LogP contribution in [0.3, 0.4) is 0 Å². The van der Waals surface area contributed by atoms with Crippen molar-refractivity contribution in [1.29, 1.82) is 5.26 Å². The van der Waals surface area contributed by atoms with Crippen molar-refractivity contribution in [2.45, 2.75) is 6.92 Å². The third kappa shape index (κ3) is 3.24. The van der Waals surface area contributed by atoms with Gasteiger partial charge in [0.05, 0.1) is 11.6 Å². The monoisotopic (exact) mass is 304 g/mol. The number of nitriles is 1. The van der Waals surface area contributed by atoms with Gasteiger partial charge in [-0.15, -0.1) is 10.2 Å². The normalized spacial score (nSPS) is 10.1. The Morgan fingerprint density at radius 2 is 1.96 bits per heavy atom. The van der Waals surface area contributed by atoms with Gasteiger partial charge in [0.1, 0.15) is 0 Å². The largest absolute Gasteiger partial charge is 0.421 e. The summed E-state index contributed by atoms with van der Waals surface area (Å²) in [5.74, 6) is 0.653. The Bertz CT molecular complexity index is 891. The van der Waals surface area contributed by atoms with Crippen LogP contribution in [-0.4, -0.2) is 16.1 Å². The minimum atomic E-state index is -0.275. The van der Waals surface area contributed by atoms with Gasteiger partial charge in [0.2, 0.25) is 11.8 Å². The van der Waals surface area contributed by atoms with Crippen molar-refractivity contribution in [3.63, 3.8) is 0 Å². The van der Waals surface area contributed by atoms with Gasteiger partial charge >= 0.3 is 0 Å². The first kappa shape index (κ1) is 14.5. The van der Waals surface area contributed by atoms with Crippen LogP contribution in [0.2, 0.25) is 0 Å². The van der Waals surface area contributed by atoms with Crippen molar-refractivity contribution >= 4 is 11.6 Å². The summed E-state index contributed by atoms with van der Waals surface area (Å²) in [6, 6.07) is 15.6. The lowest BCUT2D eigenvalue weighted by Gasteiger charge is -2.06. The molecular formula is C17H12N4O2. The number of anilines is 1. The first-order valence-electron chi connectivity index (χ1n) is 6.88. The minimum Gasteiger partial charge on any atom is -0.421 e. The predicted octanol–water partition coefficient (Wildman–Crippen LogP) is 3.17. The topological polar surface area (TPSA) is 91.8 Å². The molecule has 0 fully saturated rings. The summed E-state index contributed by atoms with van der Waals surface area (Å²) in [7, 11) is 0. The fourth-order valence-electron chi connectivity index (χ4n) is 2.04. The van der Waals surface area contributed by atoms with Gasteiger partial charge in [0, 0.05) is 23.7 Å². The summed E-state index contributed by atoms with van der Waals surface area (Å²) in [5, 5.41) is 19.4. The highest BCUT2D eigenvalue weighted by atomic mass is 16.4. The molecule has 0 unspecified atom stereocenters. The lowest BCUT2D eigenvalue weighted by atomic mass is 10.1. The molecule has 0 radical (unpaired) electrons. The van der Waals surface area contributed by atoms with E-state index in [1.165, 1.54) is 0 Å². The van der Waals surface area contributed by atoms with E-state index >= 15 is 0 Å². The molecule has 0 aliphatic rings. The number of carbonyl (C=O) groups is 1. The Kier molecular flexibility index (Phi) is 3.85. The number of aryl methyl sites for hydroxylation is 1. The zero-order valence-electron chi connectivity index (χ0n) is 12.3. The molecule has 6 heteroatoms. The summed E-state index contributed by atoms with van der Waals surface area (Å²) in [5.41, 5.74) is 2.29. The molecule has 1 N–H and O–H groups in total. The second kappa shape index (κ2) is 6.12. The Morgan fingerprint density at radius 1 is 1.17 bits per heavy atom. The van der Waals surface area contributed by atoms with Gasteiger partial charge in [-0.05, 0) is 42.5 Å². The number of amides is 1. The molecule has 0 saturated carbocycles. The van der Waals surface area contributed by atoms with E-state index in [-0.39, 0.29) is 5.91 Å². The lowest BCUT2D eigenvalue weighted by molar-refractivity contribution is 0.102. The van der Waals surface area contributed by atoms with Crippen LogP contribution < -0.4 is 5.32 Å². The fraction of sp³-hybridized carbons (Fsp3) is 0.0588. The van der Waals surface area contributed by atoms with E-state index in [2.05, 4.69) is 15.5 Å². The molecule has 3 aromatic rings. The van der Waals surface area contributed by atoms with Crippen molar-refractivity contribution in [3.8, 4) is 17.5 Å². The third-order valence-corrected chi connectivity index (χ3v) is 3.17. The summed E-state index contributed by atoms with van der Waals surface area (Å²) in [6.07, 6.45) is 0. The summed E-state index contributed by atoms with van der Waals surface area (Å²) >= 11 is 0. The van der Waals surface area contributed by atoms with E-state index in [9.17, 15) is 4.79 Å². The molecule has 0 spiro atoms. The van der Waals surface area contributed by atoms with E-state index < -0.39 is 0 Å². The SMILES string of the molecule is Cc1nnc(-c2ccc(NC(=O)c3cccc(C#N)c3)cc2)o1. The maximum absolute atomic E-state index is 12.2. The average Bonchev–Trinajstić information content (AvgIpc) is 3.02. The molecule has 2 aromatic carbocycles. The van der Waals surface area contributed by atoms with Crippen LogP contribution >= 0.6 is 0 Å². The zero-order valence-corrected chi connectivity index (χ0v) is 12.3. The highest BCUT2D eigenvalue weighted by Gasteiger charge is 2.09. The molecule has 0 atom stereocenters. The molecule has 0 aliphatic carbocycles. The molecule has 1 heterocycles. The number of hydrogen-bond acceptors (Lipinski definition) is 5.